The average molecular weight is 388 g/mol. The van der Waals surface area contributed by atoms with Crippen LogP contribution in [0.1, 0.15) is 41.6 Å². The van der Waals surface area contributed by atoms with Crippen LogP contribution in [0.3, 0.4) is 0 Å². The van der Waals surface area contributed by atoms with Crippen LogP contribution >= 0.6 is 11.3 Å². The van der Waals surface area contributed by atoms with Gasteiger partial charge in [-0.3, -0.25) is 4.79 Å². The zero-order valence-corrected chi connectivity index (χ0v) is 16.9. The molecule has 1 atom stereocenters. The lowest BCUT2D eigenvalue weighted by molar-refractivity contribution is -0.125. The van der Waals surface area contributed by atoms with Gasteiger partial charge in [-0.05, 0) is 66.6 Å². The molecule has 0 spiro atoms. The molecule has 0 saturated carbocycles. The van der Waals surface area contributed by atoms with E-state index in [1.807, 2.05) is 39.0 Å². The van der Waals surface area contributed by atoms with Crippen molar-refractivity contribution in [3.63, 3.8) is 0 Å². The van der Waals surface area contributed by atoms with Gasteiger partial charge in [0.25, 0.3) is 5.91 Å². The molecule has 5 nitrogen and oxygen atoms in total. The first-order valence-corrected chi connectivity index (χ1v) is 9.97. The van der Waals surface area contributed by atoms with Gasteiger partial charge in [0.05, 0.1) is 7.11 Å². The van der Waals surface area contributed by atoms with Crippen LogP contribution in [0.2, 0.25) is 0 Å². The maximum Gasteiger partial charge on any atom is 0.348 e. The Bertz CT molecular complexity index is 856. The molecule has 0 fully saturated rings. The number of ether oxygens (including phenoxy) is 2. The third kappa shape index (κ3) is 4.33. The minimum Gasteiger partial charge on any atom is -0.497 e. The van der Waals surface area contributed by atoms with Gasteiger partial charge in [-0.1, -0.05) is 13.8 Å². The van der Waals surface area contributed by atoms with Gasteiger partial charge < -0.3 is 14.8 Å². The van der Waals surface area contributed by atoms with Gasteiger partial charge >= 0.3 is 5.97 Å². The van der Waals surface area contributed by atoms with Crippen molar-refractivity contribution in [3.8, 4) is 16.2 Å². The van der Waals surface area contributed by atoms with E-state index < -0.39 is 5.97 Å². The van der Waals surface area contributed by atoms with E-state index in [0.29, 0.717) is 10.8 Å². The molecule has 1 aromatic heterocycles. The summed E-state index contributed by atoms with van der Waals surface area (Å²) in [5, 5.41) is 2.83. The summed E-state index contributed by atoms with van der Waals surface area (Å²) in [5.74, 6) is 0.447. The van der Waals surface area contributed by atoms with Gasteiger partial charge in [-0.15, -0.1) is 11.3 Å². The second-order valence-corrected chi connectivity index (χ2v) is 8.22. The van der Waals surface area contributed by atoms with Crippen molar-refractivity contribution in [3.05, 3.63) is 40.3 Å². The molecule has 144 valence electrons. The SMILES string of the molecule is COc1ccc2c(c1)CCc1cc(C(=O)OCC(=O)NC(C)C(C)C)sc1-2. The van der Waals surface area contributed by atoms with E-state index in [0.717, 1.165) is 34.6 Å². The Morgan fingerprint density at radius 2 is 1.89 bits per heavy atom. The second kappa shape index (κ2) is 8.13. The lowest BCUT2D eigenvalue weighted by Gasteiger charge is -2.17. The number of esters is 1. The number of benzene rings is 1. The van der Waals surface area contributed by atoms with Gasteiger partial charge in [0, 0.05) is 10.9 Å². The maximum absolute atomic E-state index is 12.4. The lowest BCUT2D eigenvalue weighted by Crippen LogP contribution is -2.38. The molecule has 0 saturated heterocycles. The van der Waals surface area contributed by atoms with Crippen LogP contribution in [0.5, 0.6) is 5.75 Å². The van der Waals surface area contributed by atoms with E-state index in [2.05, 4.69) is 11.4 Å². The number of carbonyl (C=O) groups is 2. The molecule has 2 aromatic rings. The minimum absolute atomic E-state index is 0.0405. The molecule has 0 radical (unpaired) electrons. The first kappa shape index (κ1) is 19.4. The summed E-state index contributed by atoms with van der Waals surface area (Å²) in [6.07, 6.45) is 1.80. The highest BCUT2D eigenvalue weighted by molar-refractivity contribution is 7.17. The topological polar surface area (TPSA) is 64.6 Å². The summed E-state index contributed by atoms with van der Waals surface area (Å²) in [6.45, 7) is 5.73. The smallest absolute Gasteiger partial charge is 0.348 e. The van der Waals surface area contributed by atoms with Crippen LogP contribution in [0.15, 0.2) is 24.3 Å². The Kier molecular flexibility index (Phi) is 5.85. The summed E-state index contributed by atoms with van der Waals surface area (Å²) in [4.78, 5) is 25.9. The quantitative estimate of drug-likeness (QED) is 0.765. The van der Waals surface area contributed by atoms with Crippen LogP contribution in [0, 0.1) is 5.92 Å². The first-order chi connectivity index (χ1) is 12.9. The van der Waals surface area contributed by atoms with Crippen molar-refractivity contribution in [2.45, 2.75) is 39.7 Å². The third-order valence-corrected chi connectivity index (χ3v) is 6.14. The van der Waals surface area contributed by atoms with Crippen LogP contribution in [0.25, 0.3) is 10.4 Å². The fraction of sp³-hybridized carbons (Fsp3) is 0.429. The third-order valence-electron chi connectivity index (χ3n) is 4.95. The summed E-state index contributed by atoms with van der Waals surface area (Å²) >= 11 is 1.42. The zero-order chi connectivity index (χ0) is 19.6. The summed E-state index contributed by atoms with van der Waals surface area (Å²) < 4.78 is 10.5. The molecule has 1 unspecified atom stereocenters. The Labute approximate surface area is 163 Å². The number of nitrogens with one attached hydrogen (secondary N) is 1. The summed E-state index contributed by atoms with van der Waals surface area (Å²) in [7, 11) is 1.66. The normalized spacial score (nSPS) is 13.5. The van der Waals surface area contributed by atoms with Crippen molar-refractivity contribution >= 4 is 23.2 Å². The molecule has 6 heteroatoms. The molecule has 1 aliphatic carbocycles. The molecule has 1 aliphatic rings. The number of hydrogen-bond acceptors (Lipinski definition) is 5. The number of fused-ring (bicyclic) bond motifs is 3. The molecule has 27 heavy (non-hydrogen) atoms. The highest BCUT2D eigenvalue weighted by Crippen LogP contribution is 2.40. The van der Waals surface area contributed by atoms with Crippen molar-refractivity contribution < 1.29 is 19.1 Å². The Morgan fingerprint density at radius 1 is 1.15 bits per heavy atom. The van der Waals surface area contributed by atoms with E-state index in [9.17, 15) is 9.59 Å². The number of amides is 1. The highest BCUT2D eigenvalue weighted by Gasteiger charge is 2.23. The first-order valence-electron chi connectivity index (χ1n) is 9.15. The van der Waals surface area contributed by atoms with Gasteiger partial charge in [-0.2, -0.15) is 0 Å². The highest BCUT2D eigenvalue weighted by atomic mass is 32.1. The van der Waals surface area contributed by atoms with E-state index >= 15 is 0 Å². The van der Waals surface area contributed by atoms with E-state index in [1.54, 1.807) is 7.11 Å². The number of aryl methyl sites for hydroxylation is 2. The molecule has 1 heterocycles. The standard InChI is InChI=1S/C21H25NO4S/c1-12(2)13(3)22-19(23)11-26-21(24)18-10-15-6-5-14-9-16(25-4)7-8-17(14)20(15)27-18/h7-10,12-13H,5-6,11H2,1-4H3,(H,22,23). The van der Waals surface area contributed by atoms with Crippen molar-refractivity contribution in [1.29, 1.82) is 0 Å². The second-order valence-electron chi connectivity index (χ2n) is 7.16. The number of thiophene rings is 1. The Morgan fingerprint density at radius 3 is 2.59 bits per heavy atom. The Hall–Kier alpha value is -2.34. The van der Waals surface area contributed by atoms with E-state index in [1.165, 1.54) is 16.9 Å². The van der Waals surface area contributed by atoms with Gasteiger partial charge in [0.1, 0.15) is 10.6 Å². The van der Waals surface area contributed by atoms with Crippen molar-refractivity contribution in [1.82, 2.24) is 5.32 Å². The minimum atomic E-state index is -0.447. The summed E-state index contributed by atoms with van der Waals surface area (Å²) in [6, 6.07) is 7.96. The molecular formula is C21H25NO4S. The lowest BCUT2D eigenvalue weighted by atomic mass is 9.91. The van der Waals surface area contributed by atoms with Gasteiger partial charge in [0.2, 0.25) is 0 Å². The van der Waals surface area contributed by atoms with Crippen LogP contribution < -0.4 is 10.1 Å². The van der Waals surface area contributed by atoms with Crippen LogP contribution in [-0.2, 0) is 22.4 Å². The van der Waals surface area contributed by atoms with E-state index in [4.69, 9.17) is 9.47 Å². The fourth-order valence-corrected chi connectivity index (χ4v) is 4.17. The average Bonchev–Trinajstić information content (AvgIpc) is 3.10. The van der Waals surface area contributed by atoms with E-state index in [-0.39, 0.29) is 18.6 Å². The summed E-state index contributed by atoms with van der Waals surface area (Å²) in [5.41, 5.74) is 3.53. The molecular weight excluding hydrogens is 362 g/mol. The molecule has 1 N–H and O–H groups in total. The van der Waals surface area contributed by atoms with Gasteiger partial charge in [0.15, 0.2) is 6.61 Å². The number of carbonyl (C=O) groups excluding carboxylic acids is 2. The predicted molar refractivity (Wildman–Crippen MR) is 106 cm³/mol. The zero-order valence-electron chi connectivity index (χ0n) is 16.1. The van der Waals surface area contributed by atoms with Crippen molar-refractivity contribution in [2.75, 3.05) is 13.7 Å². The molecule has 0 bridgehead atoms. The number of hydrogen-bond donors (Lipinski definition) is 1. The van der Waals surface area contributed by atoms with Crippen molar-refractivity contribution in [2.24, 2.45) is 5.92 Å². The Balaban J connectivity index is 1.68. The monoisotopic (exact) mass is 387 g/mol. The molecule has 1 amide bonds. The number of methoxy groups -OCH3 is 1. The van der Waals surface area contributed by atoms with Crippen LogP contribution in [0.4, 0.5) is 0 Å². The van der Waals surface area contributed by atoms with Gasteiger partial charge in [-0.25, -0.2) is 4.79 Å². The largest absolute Gasteiger partial charge is 0.497 e. The number of rotatable bonds is 6. The predicted octanol–water partition coefficient (Wildman–Crippen LogP) is 3.84. The molecule has 1 aromatic carbocycles. The molecule has 3 rings (SSSR count). The maximum atomic E-state index is 12.4. The fourth-order valence-electron chi connectivity index (χ4n) is 3.00. The molecule has 0 aliphatic heterocycles. The van der Waals surface area contributed by atoms with Crippen LogP contribution in [-0.4, -0.2) is 31.6 Å².